The number of anilines is 1. The number of pyridine rings is 1. The van der Waals surface area contributed by atoms with Gasteiger partial charge in [0.25, 0.3) is 0 Å². The minimum Gasteiger partial charge on any atom is -0.399 e. The average molecular weight is 331 g/mol. The number of halogens is 1. The summed E-state index contributed by atoms with van der Waals surface area (Å²) < 4.78 is 6.13. The molecule has 0 aliphatic rings. The van der Waals surface area contributed by atoms with Crippen LogP contribution in [-0.4, -0.2) is 15.1 Å². The second-order valence-electron chi connectivity index (χ2n) is 4.33. The van der Waals surface area contributed by atoms with Gasteiger partial charge < -0.3 is 10.3 Å². The van der Waals surface area contributed by atoms with Gasteiger partial charge in [0.05, 0.1) is 6.42 Å². The highest BCUT2D eigenvalue weighted by Crippen LogP contribution is 2.20. The van der Waals surface area contributed by atoms with E-state index in [1.807, 2.05) is 30.3 Å². The van der Waals surface area contributed by atoms with Gasteiger partial charge in [-0.1, -0.05) is 17.3 Å². The van der Waals surface area contributed by atoms with Crippen LogP contribution in [0.5, 0.6) is 0 Å². The molecule has 100 valence electrons. The molecule has 0 aliphatic heterocycles. The number of nitrogen functional groups attached to an aromatic ring is 1. The number of benzene rings is 1. The third kappa shape index (κ3) is 2.85. The van der Waals surface area contributed by atoms with Crippen LogP contribution in [-0.2, 0) is 6.42 Å². The fourth-order valence-corrected chi connectivity index (χ4v) is 2.22. The molecule has 1 aromatic carbocycles. The minimum atomic E-state index is 0.526. The third-order valence-corrected chi connectivity index (χ3v) is 3.17. The molecule has 0 fully saturated rings. The van der Waals surface area contributed by atoms with Crippen LogP contribution >= 0.6 is 15.9 Å². The normalized spacial score (nSPS) is 10.7. The second kappa shape index (κ2) is 5.42. The minimum absolute atomic E-state index is 0.526. The first kappa shape index (κ1) is 12.8. The number of nitrogens with zero attached hydrogens (tertiary/aromatic N) is 3. The highest BCUT2D eigenvalue weighted by Gasteiger charge is 2.10. The Morgan fingerprint density at radius 2 is 2.10 bits per heavy atom. The maximum absolute atomic E-state index is 5.75. The van der Waals surface area contributed by atoms with Gasteiger partial charge in [0.1, 0.15) is 0 Å². The van der Waals surface area contributed by atoms with Crippen LogP contribution in [0.3, 0.4) is 0 Å². The molecule has 2 aromatic heterocycles. The van der Waals surface area contributed by atoms with E-state index in [1.54, 1.807) is 12.4 Å². The van der Waals surface area contributed by atoms with E-state index in [0.29, 0.717) is 18.1 Å². The summed E-state index contributed by atoms with van der Waals surface area (Å²) in [5, 5.41) is 3.97. The van der Waals surface area contributed by atoms with Crippen molar-refractivity contribution in [2.24, 2.45) is 0 Å². The lowest BCUT2D eigenvalue weighted by Gasteiger charge is -1.97. The standard InChI is InChI=1S/C14H11BrN4O/c15-11-6-10(7-17-8-11)14-18-13(20-19-14)5-9-2-1-3-12(16)4-9/h1-4,6-8H,5,16H2. The van der Waals surface area contributed by atoms with Crippen molar-refractivity contribution in [1.29, 1.82) is 0 Å². The van der Waals surface area contributed by atoms with Gasteiger partial charge in [-0.05, 0) is 39.7 Å². The maximum Gasteiger partial charge on any atom is 0.231 e. The molecular weight excluding hydrogens is 320 g/mol. The first-order valence-electron chi connectivity index (χ1n) is 5.98. The van der Waals surface area contributed by atoms with Crippen LogP contribution in [0, 0.1) is 0 Å². The summed E-state index contributed by atoms with van der Waals surface area (Å²) in [6.45, 7) is 0. The molecule has 0 atom stereocenters. The number of hydrogen-bond donors (Lipinski definition) is 1. The zero-order chi connectivity index (χ0) is 13.9. The number of nitrogens with two attached hydrogens (primary N) is 1. The van der Waals surface area contributed by atoms with Crippen molar-refractivity contribution in [3.05, 3.63) is 58.7 Å². The maximum atomic E-state index is 5.75. The average Bonchev–Trinajstić information content (AvgIpc) is 2.87. The van der Waals surface area contributed by atoms with Crippen molar-refractivity contribution in [3.63, 3.8) is 0 Å². The summed E-state index contributed by atoms with van der Waals surface area (Å²) in [6.07, 6.45) is 3.95. The van der Waals surface area contributed by atoms with Crippen LogP contribution in [0.2, 0.25) is 0 Å². The predicted molar refractivity (Wildman–Crippen MR) is 78.9 cm³/mol. The smallest absolute Gasteiger partial charge is 0.231 e. The zero-order valence-corrected chi connectivity index (χ0v) is 12.0. The molecule has 0 unspecified atom stereocenters. The van der Waals surface area contributed by atoms with Crippen LogP contribution in [0.15, 0.2) is 51.7 Å². The van der Waals surface area contributed by atoms with Gasteiger partial charge in [-0.25, -0.2) is 0 Å². The van der Waals surface area contributed by atoms with Crippen molar-refractivity contribution in [2.75, 3.05) is 5.73 Å². The van der Waals surface area contributed by atoms with E-state index in [9.17, 15) is 0 Å². The predicted octanol–water partition coefficient (Wildman–Crippen LogP) is 3.07. The van der Waals surface area contributed by atoms with Gasteiger partial charge in [0, 0.05) is 28.1 Å². The van der Waals surface area contributed by atoms with Crippen LogP contribution in [0.4, 0.5) is 5.69 Å². The lowest BCUT2D eigenvalue weighted by atomic mass is 10.1. The summed E-state index contributed by atoms with van der Waals surface area (Å²) in [5.41, 5.74) is 8.31. The molecule has 3 rings (SSSR count). The van der Waals surface area contributed by atoms with Crippen LogP contribution in [0.25, 0.3) is 11.4 Å². The molecule has 0 amide bonds. The SMILES string of the molecule is Nc1cccc(Cc2nc(-c3cncc(Br)c3)no2)c1. The lowest BCUT2D eigenvalue weighted by Crippen LogP contribution is -1.91. The Hall–Kier alpha value is -2.21. The van der Waals surface area contributed by atoms with Crippen LogP contribution < -0.4 is 5.73 Å². The molecule has 6 heteroatoms. The summed E-state index contributed by atoms with van der Waals surface area (Å²) in [4.78, 5) is 8.45. The monoisotopic (exact) mass is 330 g/mol. The Kier molecular flexibility index (Phi) is 3.47. The lowest BCUT2D eigenvalue weighted by molar-refractivity contribution is 0.385. The van der Waals surface area contributed by atoms with Gasteiger partial charge in [-0.15, -0.1) is 0 Å². The molecule has 2 heterocycles. The molecular formula is C14H11BrN4O. The largest absolute Gasteiger partial charge is 0.399 e. The summed E-state index contributed by atoms with van der Waals surface area (Å²) in [7, 11) is 0. The van der Waals surface area contributed by atoms with Crippen molar-refractivity contribution in [1.82, 2.24) is 15.1 Å². The fourth-order valence-electron chi connectivity index (χ4n) is 1.86. The summed E-state index contributed by atoms with van der Waals surface area (Å²) >= 11 is 3.37. The molecule has 5 nitrogen and oxygen atoms in total. The van der Waals surface area contributed by atoms with E-state index in [4.69, 9.17) is 10.3 Å². The van der Waals surface area contributed by atoms with E-state index in [0.717, 1.165) is 21.3 Å². The van der Waals surface area contributed by atoms with Gasteiger partial charge in [0.2, 0.25) is 11.7 Å². The first-order chi connectivity index (χ1) is 9.70. The Morgan fingerprint density at radius 1 is 1.20 bits per heavy atom. The summed E-state index contributed by atoms with van der Waals surface area (Å²) in [5.74, 6) is 1.07. The Labute approximate surface area is 124 Å². The van der Waals surface area contributed by atoms with Crippen molar-refractivity contribution in [2.45, 2.75) is 6.42 Å². The molecule has 0 saturated carbocycles. The summed E-state index contributed by atoms with van der Waals surface area (Å²) in [6, 6.07) is 9.50. The van der Waals surface area contributed by atoms with E-state index < -0.39 is 0 Å². The quantitative estimate of drug-likeness (QED) is 0.746. The molecule has 0 saturated heterocycles. The van der Waals surface area contributed by atoms with E-state index in [1.165, 1.54) is 0 Å². The Morgan fingerprint density at radius 3 is 2.90 bits per heavy atom. The van der Waals surface area contributed by atoms with Crippen molar-refractivity contribution < 1.29 is 4.52 Å². The van der Waals surface area contributed by atoms with Gasteiger partial charge >= 0.3 is 0 Å². The third-order valence-electron chi connectivity index (χ3n) is 2.74. The fraction of sp³-hybridized carbons (Fsp3) is 0.0714. The Bertz CT molecular complexity index is 741. The number of hydrogen-bond acceptors (Lipinski definition) is 5. The van der Waals surface area contributed by atoms with Crippen molar-refractivity contribution >= 4 is 21.6 Å². The van der Waals surface area contributed by atoms with E-state index in [2.05, 4.69) is 31.1 Å². The van der Waals surface area contributed by atoms with Crippen LogP contribution in [0.1, 0.15) is 11.5 Å². The van der Waals surface area contributed by atoms with E-state index >= 15 is 0 Å². The molecule has 20 heavy (non-hydrogen) atoms. The topological polar surface area (TPSA) is 77.8 Å². The number of aromatic nitrogens is 3. The molecule has 3 aromatic rings. The molecule has 0 bridgehead atoms. The molecule has 0 radical (unpaired) electrons. The zero-order valence-electron chi connectivity index (χ0n) is 10.5. The van der Waals surface area contributed by atoms with E-state index in [-0.39, 0.29) is 0 Å². The molecule has 0 spiro atoms. The van der Waals surface area contributed by atoms with Crippen molar-refractivity contribution in [3.8, 4) is 11.4 Å². The number of rotatable bonds is 3. The molecule has 2 N–H and O–H groups in total. The van der Waals surface area contributed by atoms with Gasteiger partial charge in [-0.3, -0.25) is 4.98 Å². The highest BCUT2D eigenvalue weighted by molar-refractivity contribution is 9.10. The Balaban J connectivity index is 1.84. The van der Waals surface area contributed by atoms with Gasteiger partial charge in [0.15, 0.2) is 0 Å². The first-order valence-corrected chi connectivity index (χ1v) is 6.78. The van der Waals surface area contributed by atoms with Gasteiger partial charge in [-0.2, -0.15) is 4.98 Å². The second-order valence-corrected chi connectivity index (χ2v) is 5.24. The highest BCUT2D eigenvalue weighted by atomic mass is 79.9. The molecule has 0 aliphatic carbocycles.